The van der Waals surface area contributed by atoms with Crippen molar-refractivity contribution in [1.82, 2.24) is 5.32 Å². The van der Waals surface area contributed by atoms with Crippen LogP contribution >= 0.6 is 0 Å². The molecule has 0 saturated carbocycles. The average Bonchev–Trinajstić information content (AvgIpc) is 2.83. The number of hydrogen-bond acceptors (Lipinski definition) is 3. The van der Waals surface area contributed by atoms with Crippen LogP contribution in [0.4, 0.5) is 0 Å². The molecule has 35 heavy (non-hydrogen) atoms. The van der Waals surface area contributed by atoms with Crippen molar-refractivity contribution in [2.45, 2.75) is 169 Å². The van der Waals surface area contributed by atoms with E-state index in [2.05, 4.69) is 39.9 Å². The number of carboxylic acids is 2. The molecular formula is C29H59NO5. The Labute approximate surface area is 217 Å². The van der Waals surface area contributed by atoms with Gasteiger partial charge in [0.1, 0.15) is 6.04 Å². The van der Waals surface area contributed by atoms with E-state index in [9.17, 15) is 14.4 Å². The molecule has 0 aromatic rings. The van der Waals surface area contributed by atoms with E-state index in [1.54, 1.807) is 0 Å². The minimum atomic E-state index is -1.19. The minimum absolute atomic E-state index is 0.0891. The number of amides is 1. The van der Waals surface area contributed by atoms with Crippen LogP contribution in [0.3, 0.4) is 0 Å². The van der Waals surface area contributed by atoms with Gasteiger partial charge >= 0.3 is 11.9 Å². The van der Waals surface area contributed by atoms with E-state index in [0.717, 1.165) is 19.3 Å². The molecule has 6 nitrogen and oxygen atoms in total. The molecule has 0 rings (SSSR count). The van der Waals surface area contributed by atoms with Gasteiger partial charge in [0.25, 0.3) is 0 Å². The maximum atomic E-state index is 11.7. The van der Waals surface area contributed by atoms with E-state index in [1.807, 2.05) is 0 Å². The highest BCUT2D eigenvalue weighted by molar-refractivity contribution is 5.83. The zero-order chi connectivity index (χ0) is 27.2. The van der Waals surface area contributed by atoms with Crippen LogP contribution in [-0.4, -0.2) is 34.1 Å². The van der Waals surface area contributed by atoms with Crippen LogP contribution in [0.15, 0.2) is 0 Å². The van der Waals surface area contributed by atoms with Crippen molar-refractivity contribution in [2.75, 3.05) is 0 Å². The summed E-state index contributed by atoms with van der Waals surface area (Å²) in [6.45, 7) is 11.1. The molecule has 0 heterocycles. The molecule has 0 aromatic carbocycles. The number of hydrogen-bond donors (Lipinski definition) is 3. The fourth-order valence-corrected chi connectivity index (χ4v) is 3.39. The first-order valence-corrected chi connectivity index (χ1v) is 14.5. The first-order valence-electron chi connectivity index (χ1n) is 14.5. The molecule has 1 amide bonds. The highest BCUT2D eigenvalue weighted by Gasteiger charge is 2.20. The molecule has 0 aliphatic carbocycles. The van der Waals surface area contributed by atoms with Crippen molar-refractivity contribution in [3.05, 3.63) is 0 Å². The Morgan fingerprint density at radius 2 is 0.886 bits per heavy atom. The molecule has 0 saturated heterocycles. The zero-order valence-corrected chi connectivity index (χ0v) is 23.8. The third kappa shape index (κ3) is 37.1. The van der Waals surface area contributed by atoms with Gasteiger partial charge in [-0.2, -0.15) is 0 Å². The lowest BCUT2D eigenvalue weighted by molar-refractivity contribution is -0.143. The third-order valence-corrected chi connectivity index (χ3v) is 5.70. The monoisotopic (exact) mass is 501 g/mol. The van der Waals surface area contributed by atoms with Crippen LogP contribution in [0.1, 0.15) is 163 Å². The molecule has 0 aliphatic rings. The smallest absolute Gasteiger partial charge is 0.326 e. The van der Waals surface area contributed by atoms with Gasteiger partial charge in [0.05, 0.1) is 0 Å². The lowest BCUT2D eigenvalue weighted by Gasteiger charge is -2.13. The summed E-state index contributed by atoms with van der Waals surface area (Å²) in [4.78, 5) is 33.1. The summed E-state index contributed by atoms with van der Waals surface area (Å²) in [5.74, 6) is -2.57. The van der Waals surface area contributed by atoms with Crippen LogP contribution in [0, 0.1) is 0 Å². The van der Waals surface area contributed by atoms with Crippen LogP contribution in [0.25, 0.3) is 0 Å². The predicted molar refractivity (Wildman–Crippen MR) is 148 cm³/mol. The molecule has 6 heteroatoms. The van der Waals surface area contributed by atoms with E-state index in [-0.39, 0.29) is 18.7 Å². The number of unbranched alkanes of at least 4 members (excludes halogenated alkanes) is 14. The quantitative estimate of drug-likeness (QED) is 0.137. The number of carboxylic acid groups (broad SMARTS) is 2. The van der Waals surface area contributed by atoms with Gasteiger partial charge in [-0.15, -0.1) is 0 Å². The maximum absolute atomic E-state index is 11.7. The van der Waals surface area contributed by atoms with Gasteiger partial charge in [0, 0.05) is 12.8 Å². The SMILES string of the molecule is CCCCCC.CCCCCC.CCCCCCCCCCCC(=O)NC(CCC(=O)O)C(=O)O. The van der Waals surface area contributed by atoms with Crippen LogP contribution < -0.4 is 5.32 Å². The lowest BCUT2D eigenvalue weighted by Crippen LogP contribution is -2.41. The molecular weight excluding hydrogens is 442 g/mol. The topological polar surface area (TPSA) is 104 Å². The van der Waals surface area contributed by atoms with E-state index in [1.165, 1.54) is 89.9 Å². The van der Waals surface area contributed by atoms with E-state index < -0.39 is 18.0 Å². The normalized spacial score (nSPS) is 10.9. The Hall–Kier alpha value is -1.59. The number of aliphatic carboxylic acids is 2. The van der Waals surface area contributed by atoms with E-state index >= 15 is 0 Å². The Kier molecular flexibility index (Phi) is 35.1. The maximum Gasteiger partial charge on any atom is 0.326 e. The van der Waals surface area contributed by atoms with Gasteiger partial charge in [0.15, 0.2) is 0 Å². The molecule has 1 unspecified atom stereocenters. The van der Waals surface area contributed by atoms with E-state index in [4.69, 9.17) is 10.2 Å². The Bertz CT molecular complexity index is 452. The second-order valence-electron chi connectivity index (χ2n) is 9.38. The van der Waals surface area contributed by atoms with Crippen molar-refractivity contribution in [2.24, 2.45) is 0 Å². The fourth-order valence-electron chi connectivity index (χ4n) is 3.39. The molecule has 0 aromatic heterocycles. The van der Waals surface area contributed by atoms with Gasteiger partial charge in [0.2, 0.25) is 5.91 Å². The number of carbonyl (C=O) groups is 3. The number of carbonyl (C=O) groups excluding carboxylic acids is 1. The summed E-state index contributed by atoms with van der Waals surface area (Å²) < 4.78 is 0. The van der Waals surface area contributed by atoms with Gasteiger partial charge < -0.3 is 15.5 Å². The lowest BCUT2D eigenvalue weighted by atomic mass is 10.1. The van der Waals surface area contributed by atoms with Crippen LogP contribution in [0.2, 0.25) is 0 Å². The fraction of sp³-hybridized carbons (Fsp3) is 0.897. The molecule has 210 valence electrons. The zero-order valence-electron chi connectivity index (χ0n) is 23.8. The summed E-state index contributed by atoms with van der Waals surface area (Å²) in [5, 5.41) is 19.9. The largest absolute Gasteiger partial charge is 0.481 e. The molecule has 0 fully saturated rings. The number of rotatable bonds is 21. The standard InChI is InChI=1S/C17H31NO5.2C6H14/c1-2-3-4-5-6-7-8-9-10-11-15(19)18-14(17(22)23)12-13-16(20)21;2*1-3-5-6-4-2/h14H,2-13H2,1H3,(H,18,19)(H,20,21)(H,22,23);2*3-6H2,1-2H3. The van der Waals surface area contributed by atoms with Gasteiger partial charge in [-0.25, -0.2) is 4.79 Å². The van der Waals surface area contributed by atoms with Gasteiger partial charge in [-0.1, -0.05) is 137 Å². The molecule has 0 bridgehead atoms. The first kappa shape index (κ1) is 37.9. The Morgan fingerprint density at radius 3 is 1.23 bits per heavy atom. The minimum Gasteiger partial charge on any atom is -0.481 e. The highest BCUT2D eigenvalue weighted by atomic mass is 16.4. The van der Waals surface area contributed by atoms with Crippen molar-refractivity contribution in [3.63, 3.8) is 0 Å². The average molecular weight is 502 g/mol. The van der Waals surface area contributed by atoms with Crippen molar-refractivity contribution >= 4 is 17.8 Å². The molecule has 0 radical (unpaired) electrons. The molecule has 3 N–H and O–H groups in total. The van der Waals surface area contributed by atoms with Gasteiger partial charge in [-0.05, 0) is 12.8 Å². The number of nitrogens with one attached hydrogen (secondary N) is 1. The van der Waals surface area contributed by atoms with Crippen molar-refractivity contribution in [3.8, 4) is 0 Å². The third-order valence-electron chi connectivity index (χ3n) is 5.70. The Morgan fingerprint density at radius 1 is 0.543 bits per heavy atom. The second kappa shape index (κ2) is 32.4. The summed E-state index contributed by atoms with van der Waals surface area (Å²) in [6, 6.07) is -1.11. The second-order valence-corrected chi connectivity index (χ2v) is 9.38. The molecule has 0 spiro atoms. The highest BCUT2D eigenvalue weighted by Crippen LogP contribution is 2.10. The van der Waals surface area contributed by atoms with Crippen molar-refractivity contribution in [1.29, 1.82) is 0 Å². The van der Waals surface area contributed by atoms with Crippen molar-refractivity contribution < 1.29 is 24.6 Å². The predicted octanol–water partition coefficient (Wildman–Crippen LogP) is 8.51. The van der Waals surface area contributed by atoms with E-state index in [0.29, 0.717) is 6.42 Å². The summed E-state index contributed by atoms with van der Waals surface area (Å²) in [5.41, 5.74) is 0. The van der Waals surface area contributed by atoms with Crippen LogP contribution in [-0.2, 0) is 14.4 Å². The summed E-state index contributed by atoms with van der Waals surface area (Å²) >= 11 is 0. The van der Waals surface area contributed by atoms with Gasteiger partial charge in [-0.3, -0.25) is 9.59 Å². The first-order chi connectivity index (χ1) is 16.8. The molecule has 0 aliphatic heterocycles. The summed E-state index contributed by atoms with van der Waals surface area (Å²) in [7, 11) is 0. The summed E-state index contributed by atoms with van der Waals surface area (Å²) in [6.07, 6.45) is 21.4. The molecule has 1 atom stereocenters. The Balaban J connectivity index is -0.000000697. The van der Waals surface area contributed by atoms with Crippen LogP contribution in [0.5, 0.6) is 0 Å².